The van der Waals surface area contributed by atoms with E-state index in [9.17, 15) is 23.3 Å². The quantitative estimate of drug-likeness (QED) is 0.505. The number of rotatable bonds is 3. The van der Waals surface area contributed by atoms with Crippen LogP contribution in [0.3, 0.4) is 0 Å². The van der Waals surface area contributed by atoms with Gasteiger partial charge in [-0.2, -0.15) is 13.2 Å². The Morgan fingerprint density at radius 3 is 2.59 bits per heavy atom. The fraction of sp³-hybridized carbons (Fsp3) is 0.200. The molecule has 0 spiro atoms. The molecule has 7 heteroatoms. The summed E-state index contributed by atoms with van der Waals surface area (Å²) in [6.07, 6.45) is 0.154. The van der Waals surface area contributed by atoms with Crippen LogP contribution in [0.15, 0.2) is 18.2 Å². The molecule has 0 aromatic heterocycles. The van der Waals surface area contributed by atoms with Crippen LogP contribution in [0.25, 0.3) is 0 Å². The van der Waals surface area contributed by atoms with Crippen LogP contribution in [0.4, 0.5) is 24.5 Å². The Labute approximate surface area is 94.6 Å². The van der Waals surface area contributed by atoms with Crippen LogP contribution in [0.1, 0.15) is 5.56 Å². The second-order valence-electron chi connectivity index (χ2n) is 3.04. The summed E-state index contributed by atoms with van der Waals surface area (Å²) in [4.78, 5) is 9.37. The lowest BCUT2D eigenvalue weighted by molar-refractivity contribution is -0.388. The average molecular weight is 244 g/mol. The van der Waals surface area contributed by atoms with Gasteiger partial charge in [-0.15, -0.1) is 6.42 Å². The van der Waals surface area contributed by atoms with Crippen molar-refractivity contribution in [2.45, 2.75) is 6.18 Å². The predicted octanol–water partition coefficient (Wildman–Crippen LogP) is 2.66. The lowest BCUT2D eigenvalue weighted by atomic mass is 10.1. The monoisotopic (exact) mass is 244 g/mol. The van der Waals surface area contributed by atoms with Gasteiger partial charge in [0.15, 0.2) is 0 Å². The SMILES string of the molecule is C#CCNc1ccc([N+](=O)[O-])c(C(F)(F)F)c1. The Balaban J connectivity index is 3.21. The molecule has 0 unspecified atom stereocenters. The number of hydrogen-bond acceptors (Lipinski definition) is 3. The molecule has 0 heterocycles. The minimum Gasteiger partial charge on any atom is -0.374 e. The molecule has 1 rings (SSSR count). The number of halogens is 3. The summed E-state index contributed by atoms with van der Waals surface area (Å²) in [6.45, 7) is 0.0368. The molecule has 0 saturated heterocycles. The van der Waals surface area contributed by atoms with Gasteiger partial charge in [0.2, 0.25) is 0 Å². The zero-order valence-electron chi connectivity index (χ0n) is 8.41. The highest BCUT2D eigenvalue weighted by Crippen LogP contribution is 2.37. The van der Waals surface area contributed by atoms with Gasteiger partial charge >= 0.3 is 6.18 Å². The Morgan fingerprint density at radius 1 is 1.47 bits per heavy atom. The van der Waals surface area contributed by atoms with Crippen LogP contribution in [-0.2, 0) is 6.18 Å². The van der Waals surface area contributed by atoms with Crippen LogP contribution < -0.4 is 5.32 Å². The van der Waals surface area contributed by atoms with Crippen molar-refractivity contribution in [1.29, 1.82) is 0 Å². The third-order valence-corrected chi connectivity index (χ3v) is 1.89. The van der Waals surface area contributed by atoms with Gasteiger partial charge in [-0.25, -0.2) is 0 Å². The molecule has 0 aliphatic rings. The number of alkyl halides is 3. The number of hydrogen-bond donors (Lipinski definition) is 1. The molecule has 17 heavy (non-hydrogen) atoms. The van der Waals surface area contributed by atoms with E-state index in [1.54, 1.807) is 0 Å². The lowest BCUT2D eigenvalue weighted by Crippen LogP contribution is -2.10. The van der Waals surface area contributed by atoms with Gasteiger partial charge in [-0.3, -0.25) is 10.1 Å². The Hall–Kier alpha value is -2.23. The summed E-state index contributed by atoms with van der Waals surface area (Å²) < 4.78 is 37.6. The first-order valence-electron chi connectivity index (χ1n) is 4.39. The summed E-state index contributed by atoms with van der Waals surface area (Å²) in [6, 6.07) is 2.63. The Morgan fingerprint density at radius 2 is 2.12 bits per heavy atom. The first kappa shape index (κ1) is 12.8. The predicted molar refractivity (Wildman–Crippen MR) is 55.4 cm³/mol. The number of benzene rings is 1. The smallest absolute Gasteiger partial charge is 0.374 e. The summed E-state index contributed by atoms with van der Waals surface area (Å²) >= 11 is 0. The van der Waals surface area contributed by atoms with E-state index >= 15 is 0 Å². The van der Waals surface area contributed by atoms with E-state index in [1.165, 1.54) is 6.07 Å². The second-order valence-corrected chi connectivity index (χ2v) is 3.04. The van der Waals surface area contributed by atoms with Crippen molar-refractivity contribution in [3.05, 3.63) is 33.9 Å². The van der Waals surface area contributed by atoms with Gasteiger partial charge in [0.1, 0.15) is 5.56 Å². The van der Waals surface area contributed by atoms with Crippen molar-refractivity contribution in [1.82, 2.24) is 0 Å². The maximum absolute atomic E-state index is 12.5. The van der Waals surface area contributed by atoms with Gasteiger partial charge in [0, 0.05) is 11.8 Å². The molecule has 0 aliphatic carbocycles. The minimum absolute atomic E-state index is 0.0368. The highest BCUT2D eigenvalue weighted by atomic mass is 19.4. The van der Waals surface area contributed by atoms with E-state index in [4.69, 9.17) is 6.42 Å². The fourth-order valence-electron chi connectivity index (χ4n) is 1.19. The maximum atomic E-state index is 12.5. The van der Waals surface area contributed by atoms with Crippen LogP contribution >= 0.6 is 0 Å². The molecule has 0 radical (unpaired) electrons. The van der Waals surface area contributed by atoms with E-state index in [0.29, 0.717) is 6.07 Å². The van der Waals surface area contributed by atoms with Crippen molar-refractivity contribution < 1.29 is 18.1 Å². The van der Waals surface area contributed by atoms with E-state index in [0.717, 1.165) is 6.07 Å². The van der Waals surface area contributed by atoms with E-state index < -0.39 is 22.4 Å². The van der Waals surface area contributed by atoms with Crippen LogP contribution in [0.2, 0.25) is 0 Å². The van der Waals surface area contributed by atoms with Crippen molar-refractivity contribution in [2.75, 3.05) is 11.9 Å². The number of nitrogens with zero attached hydrogens (tertiary/aromatic N) is 1. The van der Waals surface area contributed by atoms with E-state index in [2.05, 4.69) is 11.2 Å². The molecule has 0 atom stereocenters. The van der Waals surface area contributed by atoms with Gasteiger partial charge in [0.25, 0.3) is 5.69 Å². The van der Waals surface area contributed by atoms with Gasteiger partial charge in [-0.1, -0.05) is 5.92 Å². The molecule has 0 amide bonds. The van der Waals surface area contributed by atoms with Crippen LogP contribution in [0.5, 0.6) is 0 Å². The summed E-state index contributed by atoms with van der Waals surface area (Å²) in [5, 5.41) is 13.0. The second kappa shape index (κ2) is 4.74. The van der Waals surface area contributed by atoms with Crippen molar-refractivity contribution in [2.24, 2.45) is 0 Å². The Kier molecular flexibility index (Phi) is 3.58. The Bertz CT molecular complexity index is 477. The van der Waals surface area contributed by atoms with Crippen molar-refractivity contribution in [3.63, 3.8) is 0 Å². The molecular formula is C10H7F3N2O2. The zero-order chi connectivity index (χ0) is 13.1. The third-order valence-electron chi connectivity index (χ3n) is 1.89. The molecule has 1 aromatic rings. The van der Waals surface area contributed by atoms with E-state index in [-0.39, 0.29) is 12.2 Å². The molecule has 0 saturated carbocycles. The zero-order valence-corrected chi connectivity index (χ0v) is 8.41. The highest BCUT2D eigenvalue weighted by Gasteiger charge is 2.38. The van der Waals surface area contributed by atoms with Gasteiger partial charge in [-0.05, 0) is 12.1 Å². The summed E-state index contributed by atoms with van der Waals surface area (Å²) in [5.41, 5.74) is -2.20. The molecule has 0 bridgehead atoms. The number of nitrogens with one attached hydrogen (secondary N) is 1. The van der Waals surface area contributed by atoms with Crippen LogP contribution in [0, 0.1) is 22.5 Å². The molecule has 1 aromatic carbocycles. The first-order chi connectivity index (χ1) is 7.86. The molecule has 90 valence electrons. The van der Waals surface area contributed by atoms with Gasteiger partial charge in [0.05, 0.1) is 11.5 Å². The minimum atomic E-state index is -4.78. The van der Waals surface area contributed by atoms with Crippen molar-refractivity contribution in [3.8, 4) is 12.3 Å². The van der Waals surface area contributed by atoms with Gasteiger partial charge < -0.3 is 5.32 Å². The molecule has 4 nitrogen and oxygen atoms in total. The number of anilines is 1. The average Bonchev–Trinajstić information content (AvgIpc) is 2.24. The molecule has 0 fully saturated rings. The number of terminal acetylenes is 1. The summed E-state index contributed by atoms with van der Waals surface area (Å²) in [7, 11) is 0. The number of nitro benzene ring substituents is 1. The molecule has 1 N–H and O–H groups in total. The van der Waals surface area contributed by atoms with Crippen LogP contribution in [-0.4, -0.2) is 11.5 Å². The lowest BCUT2D eigenvalue weighted by Gasteiger charge is -2.09. The molecular weight excluding hydrogens is 237 g/mol. The summed E-state index contributed by atoms with van der Waals surface area (Å²) in [5.74, 6) is 2.19. The largest absolute Gasteiger partial charge is 0.423 e. The van der Waals surface area contributed by atoms with Crippen molar-refractivity contribution >= 4 is 11.4 Å². The topological polar surface area (TPSA) is 55.2 Å². The number of nitro groups is 1. The highest BCUT2D eigenvalue weighted by molar-refractivity contribution is 5.55. The standard InChI is InChI=1S/C10H7F3N2O2/c1-2-5-14-7-3-4-9(15(16)17)8(6-7)10(11,12)13/h1,3-4,6,14H,5H2. The fourth-order valence-corrected chi connectivity index (χ4v) is 1.19. The maximum Gasteiger partial charge on any atom is 0.423 e. The third kappa shape index (κ3) is 3.11. The molecule has 0 aliphatic heterocycles. The van der Waals surface area contributed by atoms with E-state index in [1.807, 2.05) is 0 Å². The normalized spacial score (nSPS) is 10.7. The first-order valence-corrected chi connectivity index (χ1v) is 4.39.